The lowest BCUT2D eigenvalue weighted by Gasteiger charge is -2.14. The summed E-state index contributed by atoms with van der Waals surface area (Å²) in [6.07, 6.45) is 1.45. The van der Waals surface area contributed by atoms with E-state index in [0.29, 0.717) is 24.5 Å². The molecule has 0 heterocycles. The molecule has 110 valence electrons. The molecule has 0 aromatic heterocycles. The topological polar surface area (TPSA) is 35.5 Å². The van der Waals surface area contributed by atoms with Gasteiger partial charge in [0.05, 0.1) is 7.11 Å². The summed E-state index contributed by atoms with van der Waals surface area (Å²) < 4.78 is 11.2. The summed E-state index contributed by atoms with van der Waals surface area (Å²) in [5.41, 5.74) is 2.18. The molecular weight excluding hydrogens is 264 g/mol. The summed E-state index contributed by atoms with van der Waals surface area (Å²) in [5, 5.41) is 0. The lowest BCUT2D eigenvalue weighted by atomic mass is 9.98. The molecule has 1 unspecified atom stereocenters. The van der Waals surface area contributed by atoms with Gasteiger partial charge in [0.15, 0.2) is 11.5 Å². The molecule has 1 atom stereocenters. The number of hydrogen-bond donors (Lipinski definition) is 0. The van der Waals surface area contributed by atoms with Crippen LogP contribution in [-0.2, 0) is 11.4 Å². The number of aldehydes is 1. The molecule has 0 aliphatic rings. The third-order valence-corrected chi connectivity index (χ3v) is 3.44. The Kier molecular flexibility index (Phi) is 5.38. The zero-order valence-electron chi connectivity index (χ0n) is 12.4. The minimum absolute atomic E-state index is 0.180. The Morgan fingerprint density at radius 3 is 2.52 bits per heavy atom. The molecule has 3 heteroatoms. The summed E-state index contributed by atoms with van der Waals surface area (Å²) in [6.45, 7) is 2.52. The van der Waals surface area contributed by atoms with Gasteiger partial charge in [-0.1, -0.05) is 43.3 Å². The van der Waals surface area contributed by atoms with E-state index in [4.69, 9.17) is 9.47 Å². The summed E-state index contributed by atoms with van der Waals surface area (Å²) in [6, 6.07) is 15.8. The van der Waals surface area contributed by atoms with Crippen LogP contribution in [0.5, 0.6) is 11.5 Å². The van der Waals surface area contributed by atoms with Gasteiger partial charge in [-0.3, -0.25) is 0 Å². The first kappa shape index (κ1) is 15.1. The quantitative estimate of drug-likeness (QED) is 0.722. The number of ether oxygens (including phenoxy) is 2. The number of hydrogen-bond acceptors (Lipinski definition) is 3. The van der Waals surface area contributed by atoms with Crippen molar-refractivity contribution >= 4 is 6.29 Å². The first-order chi connectivity index (χ1) is 10.2. The van der Waals surface area contributed by atoms with Crippen molar-refractivity contribution in [2.24, 2.45) is 0 Å². The lowest BCUT2D eigenvalue weighted by Crippen LogP contribution is -2.00. The van der Waals surface area contributed by atoms with Crippen molar-refractivity contribution in [1.29, 1.82) is 0 Å². The highest BCUT2D eigenvalue weighted by atomic mass is 16.5. The van der Waals surface area contributed by atoms with E-state index in [0.717, 1.165) is 17.4 Å². The largest absolute Gasteiger partial charge is 0.493 e. The van der Waals surface area contributed by atoms with Gasteiger partial charge in [0.25, 0.3) is 0 Å². The number of methoxy groups -OCH3 is 1. The molecule has 21 heavy (non-hydrogen) atoms. The van der Waals surface area contributed by atoms with Gasteiger partial charge in [0.2, 0.25) is 0 Å². The van der Waals surface area contributed by atoms with Gasteiger partial charge >= 0.3 is 0 Å². The fraction of sp³-hybridized carbons (Fsp3) is 0.278. The summed E-state index contributed by atoms with van der Waals surface area (Å²) in [7, 11) is 1.62. The minimum Gasteiger partial charge on any atom is -0.493 e. The predicted molar refractivity (Wildman–Crippen MR) is 82.9 cm³/mol. The van der Waals surface area contributed by atoms with Crippen molar-refractivity contribution in [3.05, 3.63) is 59.7 Å². The summed E-state index contributed by atoms with van der Waals surface area (Å²) in [4.78, 5) is 10.6. The van der Waals surface area contributed by atoms with Crippen LogP contribution in [0.3, 0.4) is 0 Å². The second kappa shape index (κ2) is 7.48. The smallest absolute Gasteiger partial charge is 0.161 e. The van der Waals surface area contributed by atoms with Crippen molar-refractivity contribution in [3.8, 4) is 11.5 Å². The maximum absolute atomic E-state index is 10.6. The number of benzene rings is 2. The molecule has 0 bridgehead atoms. The van der Waals surface area contributed by atoms with E-state index in [1.165, 1.54) is 0 Å². The van der Waals surface area contributed by atoms with Crippen LogP contribution in [0.2, 0.25) is 0 Å². The van der Waals surface area contributed by atoms with Crippen LogP contribution in [0.4, 0.5) is 0 Å². The predicted octanol–water partition coefficient (Wildman–Crippen LogP) is 3.97. The third kappa shape index (κ3) is 4.09. The molecule has 0 aliphatic carbocycles. The highest BCUT2D eigenvalue weighted by Crippen LogP contribution is 2.32. The third-order valence-electron chi connectivity index (χ3n) is 3.44. The Bertz CT molecular complexity index is 578. The Morgan fingerprint density at radius 1 is 1.10 bits per heavy atom. The zero-order valence-corrected chi connectivity index (χ0v) is 12.4. The van der Waals surface area contributed by atoms with Gasteiger partial charge in [-0.05, 0) is 29.2 Å². The van der Waals surface area contributed by atoms with Crippen LogP contribution in [0.25, 0.3) is 0 Å². The van der Waals surface area contributed by atoms with Crippen LogP contribution in [0.15, 0.2) is 48.5 Å². The van der Waals surface area contributed by atoms with Crippen molar-refractivity contribution < 1.29 is 14.3 Å². The Hall–Kier alpha value is -2.29. The van der Waals surface area contributed by atoms with E-state index < -0.39 is 0 Å². The minimum atomic E-state index is 0.180. The standard InChI is InChI=1S/C18H20O3/c1-14(10-11-19)16-8-9-17(18(12-16)20-2)21-13-15-6-4-3-5-7-15/h3-9,11-12,14H,10,13H2,1-2H3. The Balaban J connectivity index is 2.11. The number of carbonyl (C=O) groups excluding carboxylic acids is 1. The van der Waals surface area contributed by atoms with Crippen LogP contribution in [0.1, 0.15) is 30.4 Å². The molecule has 0 radical (unpaired) electrons. The van der Waals surface area contributed by atoms with Crippen molar-refractivity contribution in [2.75, 3.05) is 7.11 Å². The SMILES string of the molecule is COc1cc(C(C)CC=O)ccc1OCc1ccccc1. The molecule has 0 amide bonds. The summed E-state index contributed by atoms with van der Waals surface area (Å²) >= 11 is 0. The fourth-order valence-corrected chi connectivity index (χ4v) is 2.13. The highest BCUT2D eigenvalue weighted by molar-refractivity contribution is 5.52. The Labute approximate surface area is 125 Å². The van der Waals surface area contributed by atoms with E-state index in [-0.39, 0.29) is 5.92 Å². The number of carbonyl (C=O) groups is 1. The van der Waals surface area contributed by atoms with Gasteiger partial charge in [0.1, 0.15) is 12.9 Å². The summed E-state index contributed by atoms with van der Waals surface area (Å²) in [5.74, 6) is 1.59. The van der Waals surface area contributed by atoms with Gasteiger partial charge in [-0.15, -0.1) is 0 Å². The first-order valence-electron chi connectivity index (χ1n) is 7.03. The first-order valence-corrected chi connectivity index (χ1v) is 7.03. The fourth-order valence-electron chi connectivity index (χ4n) is 2.13. The average molecular weight is 284 g/mol. The van der Waals surface area contributed by atoms with Gasteiger partial charge in [-0.25, -0.2) is 0 Å². The van der Waals surface area contributed by atoms with E-state index in [1.807, 2.05) is 55.5 Å². The van der Waals surface area contributed by atoms with Crippen LogP contribution in [0, 0.1) is 0 Å². The van der Waals surface area contributed by atoms with Crippen LogP contribution in [-0.4, -0.2) is 13.4 Å². The second-order valence-corrected chi connectivity index (χ2v) is 4.99. The maximum Gasteiger partial charge on any atom is 0.161 e. The molecule has 0 aliphatic heterocycles. The van der Waals surface area contributed by atoms with Crippen LogP contribution < -0.4 is 9.47 Å². The average Bonchev–Trinajstić information content (AvgIpc) is 2.54. The molecule has 0 spiro atoms. The van der Waals surface area contributed by atoms with E-state index >= 15 is 0 Å². The van der Waals surface area contributed by atoms with Crippen molar-refractivity contribution in [3.63, 3.8) is 0 Å². The van der Waals surface area contributed by atoms with Gasteiger partial charge < -0.3 is 14.3 Å². The van der Waals surface area contributed by atoms with E-state index in [1.54, 1.807) is 7.11 Å². The number of rotatable bonds is 7. The highest BCUT2D eigenvalue weighted by Gasteiger charge is 2.10. The van der Waals surface area contributed by atoms with Crippen molar-refractivity contribution in [1.82, 2.24) is 0 Å². The lowest BCUT2D eigenvalue weighted by molar-refractivity contribution is -0.108. The molecule has 2 aromatic rings. The molecule has 0 saturated heterocycles. The molecule has 0 N–H and O–H groups in total. The molecular formula is C18H20O3. The van der Waals surface area contributed by atoms with Crippen molar-refractivity contribution in [2.45, 2.75) is 25.9 Å². The van der Waals surface area contributed by atoms with E-state index in [9.17, 15) is 4.79 Å². The monoisotopic (exact) mass is 284 g/mol. The van der Waals surface area contributed by atoms with Gasteiger partial charge in [0, 0.05) is 6.42 Å². The molecule has 0 fully saturated rings. The zero-order chi connectivity index (χ0) is 15.1. The molecule has 2 aromatic carbocycles. The van der Waals surface area contributed by atoms with E-state index in [2.05, 4.69) is 0 Å². The molecule has 3 nitrogen and oxygen atoms in total. The molecule has 2 rings (SSSR count). The molecule has 0 saturated carbocycles. The Morgan fingerprint density at radius 2 is 1.86 bits per heavy atom. The van der Waals surface area contributed by atoms with Crippen LogP contribution >= 0.6 is 0 Å². The normalized spacial score (nSPS) is 11.7. The maximum atomic E-state index is 10.6. The van der Waals surface area contributed by atoms with Gasteiger partial charge in [-0.2, -0.15) is 0 Å². The second-order valence-electron chi connectivity index (χ2n) is 4.99.